The van der Waals surface area contributed by atoms with Gasteiger partial charge < -0.3 is 4.90 Å². The van der Waals surface area contributed by atoms with Crippen LogP contribution in [0.3, 0.4) is 0 Å². The molecule has 1 heteroatoms. The second kappa shape index (κ2) is 15.2. The van der Waals surface area contributed by atoms with E-state index in [-0.39, 0.29) is 5.41 Å². The molecule has 9 aromatic rings. The van der Waals surface area contributed by atoms with E-state index in [4.69, 9.17) is 0 Å². The molecule has 0 bridgehead atoms. The fourth-order valence-corrected chi connectivity index (χ4v) is 10.3. The van der Waals surface area contributed by atoms with Gasteiger partial charge in [-0.05, 0) is 122 Å². The van der Waals surface area contributed by atoms with Crippen molar-refractivity contribution in [3.63, 3.8) is 0 Å². The molecule has 0 unspecified atom stereocenters. The predicted molar refractivity (Wildman–Crippen MR) is 253 cm³/mol. The number of rotatable bonds is 8. The summed E-state index contributed by atoms with van der Waals surface area (Å²) in [5.41, 5.74) is 21.4. The Balaban J connectivity index is 1.08. The van der Waals surface area contributed by atoms with Crippen molar-refractivity contribution in [2.75, 3.05) is 4.90 Å². The van der Waals surface area contributed by atoms with E-state index < -0.39 is 0 Å². The molecule has 11 rings (SSSR count). The molecule has 2 aliphatic carbocycles. The molecule has 0 aromatic heterocycles. The van der Waals surface area contributed by atoms with E-state index in [2.05, 4.69) is 229 Å². The largest absolute Gasteiger partial charge is 0.310 e. The average molecular weight is 768 g/mol. The number of nitrogens with zero attached hydrogens (tertiary/aromatic N) is 1. The van der Waals surface area contributed by atoms with Crippen molar-refractivity contribution in [1.82, 2.24) is 0 Å². The molecule has 0 heterocycles. The summed E-state index contributed by atoms with van der Waals surface area (Å²) < 4.78 is 0. The molecule has 0 N–H and O–H groups in total. The maximum absolute atomic E-state index is 2.49. The Hall–Kier alpha value is -7.22. The van der Waals surface area contributed by atoms with Gasteiger partial charge in [0.25, 0.3) is 0 Å². The Labute approximate surface area is 353 Å². The number of hydrogen-bond acceptors (Lipinski definition) is 1. The zero-order valence-corrected chi connectivity index (χ0v) is 33.6. The Bertz CT molecular complexity index is 2970. The minimum atomic E-state index is 0.119. The second-order valence-electron chi connectivity index (χ2n) is 16.4. The highest BCUT2D eigenvalue weighted by molar-refractivity contribution is 5.98. The van der Waals surface area contributed by atoms with Gasteiger partial charge in [0.2, 0.25) is 0 Å². The van der Waals surface area contributed by atoms with Crippen LogP contribution < -0.4 is 4.90 Å². The van der Waals surface area contributed by atoms with E-state index in [9.17, 15) is 0 Å². The van der Waals surface area contributed by atoms with E-state index in [1.165, 1.54) is 104 Å². The Morgan fingerprint density at radius 1 is 0.283 bits per heavy atom. The van der Waals surface area contributed by atoms with Gasteiger partial charge >= 0.3 is 0 Å². The summed E-state index contributed by atoms with van der Waals surface area (Å²) in [6, 6.07) is 82.7. The molecule has 60 heavy (non-hydrogen) atoms. The number of anilines is 3. The molecular weight excluding hydrogens is 723 g/mol. The van der Waals surface area contributed by atoms with Crippen LogP contribution in [-0.2, 0) is 5.41 Å². The maximum atomic E-state index is 2.49. The smallest absolute Gasteiger partial charge is 0.0540 e. The zero-order chi connectivity index (χ0) is 39.9. The molecule has 0 saturated heterocycles. The fraction of sp³-hybridized carbons (Fsp3) is 0.0847. The van der Waals surface area contributed by atoms with Gasteiger partial charge in [0, 0.05) is 22.4 Å². The predicted octanol–water partition coefficient (Wildman–Crippen LogP) is 16.3. The third-order valence-electron chi connectivity index (χ3n) is 13.1. The van der Waals surface area contributed by atoms with Crippen LogP contribution in [-0.4, -0.2) is 0 Å². The van der Waals surface area contributed by atoms with Gasteiger partial charge in [-0.2, -0.15) is 0 Å². The quantitative estimate of drug-likeness (QED) is 0.149. The van der Waals surface area contributed by atoms with Crippen molar-refractivity contribution < 1.29 is 0 Å². The lowest BCUT2D eigenvalue weighted by Gasteiger charge is -2.30. The molecule has 0 amide bonds. The Morgan fingerprint density at radius 2 is 0.750 bits per heavy atom. The van der Waals surface area contributed by atoms with E-state index in [0.717, 1.165) is 17.1 Å². The summed E-state index contributed by atoms with van der Waals surface area (Å²) in [5.74, 6) is 0. The van der Waals surface area contributed by atoms with Crippen molar-refractivity contribution in [1.29, 1.82) is 0 Å². The normalized spacial score (nSPS) is 13.5. The van der Waals surface area contributed by atoms with Crippen molar-refractivity contribution >= 4 is 17.1 Å². The first kappa shape index (κ1) is 35.9. The molecule has 1 saturated carbocycles. The highest BCUT2D eigenvalue weighted by Crippen LogP contribution is 2.58. The summed E-state index contributed by atoms with van der Waals surface area (Å²) in [5, 5.41) is 0. The monoisotopic (exact) mass is 767 g/mol. The van der Waals surface area contributed by atoms with E-state index in [1.807, 2.05) is 0 Å². The van der Waals surface area contributed by atoms with Crippen LogP contribution in [0, 0.1) is 0 Å². The second-order valence-corrected chi connectivity index (χ2v) is 16.4. The maximum Gasteiger partial charge on any atom is 0.0540 e. The zero-order valence-electron chi connectivity index (χ0n) is 33.6. The third kappa shape index (κ3) is 6.17. The molecule has 2 aliphatic rings. The van der Waals surface area contributed by atoms with Gasteiger partial charge in [0.05, 0.1) is 5.69 Å². The number of fused-ring (bicyclic) bond motifs is 5. The SMILES string of the molecule is c1ccc(-c2cccc(-c3ccc(N(c4ccc5c(c4)-c4ccccc4C54CCCC4)c4ccccc4-c4ccccc4-c4ccccc4-c4ccccc4)cc3)c2)cc1. The topological polar surface area (TPSA) is 3.24 Å². The Kier molecular flexibility index (Phi) is 9.09. The lowest BCUT2D eigenvalue weighted by Crippen LogP contribution is -2.20. The summed E-state index contributed by atoms with van der Waals surface area (Å²) >= 11 is 0. The van der Waals surface area contributed by atoms with Crippen molar-refractivity contribution in [3.8, 4) is 66.8 Å². The average Bonchev–Trinajstić information content (AvgIpc) is 3.93. The minimum Gasteiger partial charge on any atom is -0.310 e. The van der Waals surface area contributed by atoms with Crippen LogP contribution in [0.1, 0.15) is 36.8 Å². The van der Waals surface area contributed by atoms with Crippen molar-refractivity contribution in [2.24, 2.45) is 0 Å². The number of hydrogen-bond donors (Lipinski definition) is 0. The third-order valence-corrected chi connectivity index (χ3v) is 13.1. The lowest BCUT2D eigenvalue weighted by atomic mass is 9.77. The summed E-state index contributed by atoms with van der Waals surface area (Å²) in [6.45, 7) is 0. The molecule has 0 atom stereocenters. The summed E-state index contributed by atoms with van der Waals surface area (Å²) in [6.07, 6.45) is 5.00. The van der Waals surface area contributed by atoms with Gasteiger partial charge in [0.1, 0.15) is 0 Å². The first-order chi connectivity index (χ1) is 29.7. The molecule has 0 radical (unpaired) electrons. The van der Waals surface area contributed by atoms with Crippen molar-refractivity contribution in [2.45, 2.75) is 31.1 Å². The number of para-hydroxylation sites is 1. The van der Waals surface area contributed by atoms with Gasteiger partial charge in [0.15, 0.2) is 0 Å². The van der Waals surface area contributed by atoms with E-state index >= 15 is 0 Å². The van der Waals surface area contributed by atoms with Crippen molar-refractivity contribution in [3.05, 3.63) is 236 Å². The lowest BCUT2D eigenvalue weighted by molar-refractivity contribution is 0.550. The molecular formula is C59H45N. The standard InChI is InChI=1S/C59H45N/c1-3-18-42(19-4-1)45-22-17-23-46(40-45)43-32-34-47(35-33-43)60(48-36-37-57-55(41-48)53-28-11-13-30-56(53)59(57)38-15-16-39-59)58-31-14-12-29-54(58)52-27-10-9-26-51(52)50-25-8-7-24-49(50)44-20-5-2-6-21-44/h1-14,17-37,40-41H,15-16,38-39H2. The minimum absolute atomic E-state index is 0.119. The van der Waals surface area contributed by atoms with Gasteiger partial charge in [-0.1, -0.05) is 201 Å². The highest BCUT2D eigenvalue weighted by atomic mass is 15.1. The van der Waals surface area contributed by atoms with Crippen LogP contribution in [0.4, 0.5) is 17.1 Å². The highest BCUT2D eigenvalue weighted by Gasteiger charge is 2.45. The van der Waals surface area contributed by atoms with Gasteiger partial charge in [-0.15, -0.1) is 0 Å². The Morgan fingerprint density at radius 3 is 1.43 bits per heavy atom. The molecule has 286 valence electrons. The van der Waals surface area contributed by atoms with Gasteiger partial charge in [-0.25, -0.2) is 0 Å². The molecule has 1 fully saturated rings. The van der Waals surface area contributed by atoms with E-state index in [0.29, 0.717) is 0 Å². The van der Waals surface area contributed by atoms with Crippen LogP contribution >= 0.6 is 0 Å². The van der Waals surface area contributed by atoms with Crippen LogP contribution in [0.5, 0.6) is 0 Å². The van der Waals surface area contributed by atoms with E-state index in [1.54, 1.807) is 0 Å². The van der Waals surface area contributed by atoms with Gasteiger partial charge in [-0.3, -0.25) is 0 Å². The molecule has 9 aromatic carbocycles. The summed E-state index contributed by atoms with van der Waals surface area (Å²) in [4.78, 5) is 2.49. The molecule has 0 aliphatic heterocycles. The van der Waals surface area contributed by atoms with Crippen LogP contribution in [0.25, 0.3) is 66.8 Å². The van der Waals surface area contributed by atoms with Crippen LogP contribution in [0.2, 0.25) is 0 Å². The first-order valence-electron chi connectivity index (χ1n) is 21.4. The molecule has 1 spiro atoms. The summed E-state index contributed by atoms with van der Waals surface area (Å²) in [7, 11) is 0. The van der Waals surface area contributed by atoms with Crippen LogP contribution in [0.15, 0.2) is 224 Å². The number of benzene rings is 9. The molecule has 1 nitrogen and oxygen atoms in total. The first-order valence-corrected chi connectivity index (χ1v) is 21.4. The fourth-order valence-electron chi connectivity index (χ4n) is 10.3.